The van der Waals surface area contributed by atoms with Crippen LogP contribution in [0.1, 0.15) is 18.3 Å². The van der Waals surface area contributed by atoms with Crippen LogP contribution >= 0.6 is 11.6 Å². The van der Waals surface area contributed by atoms with Gasteiger partial charge in [-0.2, -0.15) is 4.98 Å². The smallest absolute Gasteiger partial charge is 0.224 e. The minimum Gasteiger partial charge on any atom is -0.437 e. The molecule has 100 valence electrons. The summed E-state index contributed by atoms with van der Waals surface area (Å²) < 4.78 is 5.70. The molecule has 6 heteroatoms. The number of anilines is 1. The summed E-state index contributed by atoms with van der Waals surface area (Å²) in [6.45, 7) is 3.92. The van der Waals surface area contributed by atoms with Gasteiger partial charge in [0.25, 0.3) is 0 Å². The van der Waals surface area contributed by atoms with Crippen LogP contribution < -0.4 is 16.0 Å². The zero-order valence-corrected chi connectivity index (χ0v) is 11.5. The van der Waals surface area contributed by atoms with Crippen LogP contribution in [0.5, 0.6) is 11.6 Å². The molecule has 19 heavy (non-hydrogen) atoms. The van der Waals surface area contributed by atoms with Crippen LogP contribution in [0.15, 0.2) is 24.3 Å². The van der Waals surface area contributed by atoms with Crippen molar-refractivity contribution in [2.24, 2.45) is 5.84 Å². The first kappa shape index (κ1) is 13.6. The van der Waals surface area contributed by atoms with Crippen LogP contribution in [0.3, 0.4) is 0 Å². The van der Waals surface area contributed by atoms with E-state index in [9.17, 15) is 0 Å². The standard InChI is InChI=1S/C13H15ClN4O/c1-3-11-16-12(18-15)7-13(17-11)19-10-6-8(2)4-5-9(10)14/h4-7H,3,15H2,1-2H3,(H,16,17,18). The molecule has 2 aromatic rings. The van der Waals surface area contributed by atoms with E-state index >= 15 is 0 Å². The minimum absolute atomic E-state index is 0.410. The van der Waals surface area contributed by atoms with Crippen molar-refractivity contribution in [3.05, 3.63) is 40.7 Å². The Labute approximate surface area is 116 Å². The van der Waals surface area contributed by atoms with E-state index in [0.29, 0.717) is 34.7 Å². The Bertz CT molecular complexity index is 567. The quantitative estimate of drug-likeness (QED) is 0.664. The molecule has 0 saturated carbocycles. The van der Waals surface area contributed by atoms with E-state index in [1.165, 1.54) is 0 Å². The lowest BCUT2D eigenvalue weighted by molar-refractivity contribution is 0.459. The fraction of sp³-hybridized carbons (Fsp3) is 0.231. The van der Waals surface area contributed by atoms with E-state index in [1.54, 1.807) is 12.1 Å². The van der Waals surface area contributed by atoms with Gasteiger partial charge in [0.1, 0.15) is 17.4 Å². The van der Waals surface area contributed by atoms with E-state index in [4.69, 9.17) is 22.2 Å². The topological polar surface area (TPSA) is 73.1 Å². The molecule has 0 bridgehead atoms. The van der Waals surface area contributed by atoms with Crippen LogP contribution in [0.2, 0.25) is 5.02 Å². The molecular formula is C13H15ClN4O. The lowest BCUT2D eigenvalue weighted by atomic mass is 10.2. The third-order valence-electron chi connectivity index (χ3n) is 2.51. The Morgan fingerprint density at radius 1 is 1.32 bits per heavy atom. The van der Waals surface area contributed by atoms with Crippen molar-refractivity contribution in [3.8, 4) is 11.6 Å². The van der Waals surface area contributed by atoms with Crippen LogP contribution in [0, 0.1) is 6.92 Å². The highest BCUT2D eigenvalue weighted by Crippen LogP contribution is 2.29. The van der Waals surface area contributed by atoms with Crippen molar-refractivity contribution in [1.29, 1.82) is 0 Å². The zero-order valence-electron chi connectivity index (χ0n) is 10.8. The maximum Gasteiger partial charge on any atom is 0.224 e. The number of nitrogens with zero attached hydrogens (tertiary/aromatic N) is 2. The van der Waals surface area contributed by atoms with E-state index in [1.807, 2.05) is 26.0 Å². The maximum absolute atomic E-state index is 6.08. The highest BCUT2D eigenvalue weighted by atomic mass is 35.5. The number of hydrazine groups is 1. The average Bonchev–Trinajstić information content (AvgIpc) is 2.42. The lowest BCUT2D eigenvalue weighted by Gasteiger charge is -2.10. The van der Waals surface area contributed by atoms with Crippen LogP contribution in [0.4, 0.5) is 5.82 Å². The number of ether oxygens (including phenoxy) is 1. The molecule has 0 unspecified atom stereocenters. The summed E-state index contributed by atoms with van der Waals surface area (Å²) in [5, 5.41) is 0.532. The second-order valence-electron chi connectivity index (χ2n) is 4.04. The highest BCUT2D eigenvalue weighted by Gasteiger charge is 2.08. The number of hydrogen-bond acceptors (Lipinski definition) is 5. The number of aromatic nitrogens is 2. The molecule has 5 nitrogen and oxygen atoms in total. The molecule has 0 aliphatic rings. The summed E-state index contributed by atoms with van der Waals surface area (Å²) in [4.78, 5) is 8.47. The molecule has 0 amide bonds. The molecule has 0 radical (unpaired) electrons. The molecule has 0 spiro atoms. The van der Waals surface area contributed by atoms with Crippen molar-refractivity contribution in [3.63, 3.8) is 0 Å². The second-order valence-corrected chi connectivity index (χ2v) is 4.45. The highest BCUT2D eigenvalue weighted by molar-refractivity contribution is 6.32. The van der Waals surface area contributed by atoms with Gasteiger partial charge in [0.2, 0.25) is 5.88 Å². The summed E-state index contributed by atoms with van der Waals surface area (Å²) in [6.07, 6.45) is 0.688. The molecule has 0 fully saturated rings. The Balaban J connectivity index is 2.34. The van der Waals surface area contributed by atoms with E-state index in [0.717, 1.165) is 5.56 Å². The first-order chi connectivity index (χ1) is 9.12. The molecule has 2 rings (SSSR count). The van der Waals surface area contributed by atoms with Gasteiger partial charge in [-0.15, -0.1) is 0 Å². The van der Waals surface area contributed by atoms with Crippen LogP contribution in [-0.2, 0) is 6.42 Å². The summed E-state index contributed by atoms with van der Waals surface area (Å²) in [7, 11) is 0. The van der Waals surface area contributed by atoms with E-state index < -0.39 is 0 Å². The van der Waals surface area contributed by atoms with Crippen molar-refractivity contribution < 1.29 is 4.74 Å². The molecule has 1 aromatic heterocycles. The van der Waals surface area contributed by atoms with Gasteiger partial charge in [0, 0.05) is 12.5 Å². The summed E-state index contributed by atoms with van der Waals surface area (Å²) in [5.74, 6) is 7.49. The lowest BCUT2D eigenvalue weighted by Crippen LogP contribution is -2.10. The molecule has 0 saturated heterocycles. The van der Waals surface area contributed by atoms with Crippen LogP contribution in [0.25, 0.3) is 0 Å². The number of halogens is 1. The van der Waals surface area contributed by atoms with Gasteiger partial charge in [0.15, 0.2) is 0 Å². The zero-order chi connectivity index (χ0) is 13.8. The van der Waals surface area contributed by atoms with Gasteiger partial charge in [-0.3, -0.25) is 0 Å². The summed E-state index contributed by atoms with van der Waals surface area (Å²) in [5.41, 5.74) is 3.55. The maximum atomic E-state index is 6.08. The number of rotatable bonds is 4. The second kappa shape index (κ2) is 5.86. The molecule has 0 aliphatic heterocycles. The molecule has 1 aromatic carbocycles. The Morgan fingerprint density at radius 2 is 2.11 bits per heavy atom. The normalized spacial score (nSPS) is 10.3. The fourth-order valence-corrected chi connectivity index (χ4v) is 1.71. The molecule has 0 aliphatic carbocycles. The van der Waals surface area contributed by atoms with Crippen LogP contribution in [-0.4, -0.2) is 9.97 Å². The van der Waals surface area contributed by atoms with Crippen molar-refractivity contribution >= 4 is 17.4 Å². The fourth-order valence-electron chi connectivity index (χ4n) is 1.56. The van der Waals surface area contributed by atoms with Gasteiger partial charge in [0.05, 0.1) is 5.02 Å². The predicted molar refractivity (Wildman–Crippen MR) is 75.5 cm³/mol. The first-order valence-electron chi connectivity index (χ1n) is 5.91. The Kier molecular flexibility index (Phi) is 4.19. The molecule has 1 heterocycles. The number of nitrogens with two attached hydrogens (primary N) is 1. The first-order valence-corrected chi connectivity index (χ1v) is 6.28. The van der Waals surface area contributed by atoms with Gasteiger partial charge in [-0.25, -0.2) is 10.8 Å². The number of nitrogens with one attached hydrogen (secondary N) is 1. The summed E-state index contributed by atoms with van der Waals surface area (Å²) >= 11 is 6.08. The molecular weight excluding hydrogens is 264 g/mol. The monoisotopic (exact) mass is 278 g/mol. The third-order valence-corrected chi connectivity index (χ3v) is 2.83. The van der Waals surface area contributed by atoms with Crippen molar-refractivity contribution in [2.75, 3.05) is 5.43 Å². The summed E-state index contributed by atoms with van der Waals surface area (Å²) in [6, 6.07) is 7.18. The average molecular weight is 279 g/mol. The predicted octanol–water partition coefficient (Wildman–Crippen LogP) is 3.08. The van der Waals surface area contributed by atoms with Gasteiger partial charge < -0.3 is 10.2 Å². The minimum atomic E-state index is 0.410. The van der Waals surface area contributed by atoms with E-state index in [-0.39, 0.29) is 0 Å². The number of nitrogen functional groups attached to an aromatic ring is 1. The third kappa shape index (κ3) is 3.33. The van der Waals surface area contributed by atoms with Crippen molar-refractivity contribution in [2.45, 2.75) is 20.3 Å². The Hall–Kier alpha value is -1.85. The molecule has 3 N–H and O–H groups in total. The largest absolute Gasteiger partial charge is 0.437 e. The number of aryl methyl sites for hydroxylation is 2. The Morgan fingerprint density at radius 3 is 2.79 bits per heavy atom. The van der Waals surface area contributed by atoms with Gasteiger partial charge >= 0.3 is 0 Å². The van der Waals surface area contributed by atoms with Gasteiger partial charge in [-0.05, 0) is 24.6 Å². The van der Waals surface area contributed by atoms with Gasteiger partial charge in [-0.1, -0.05) is 24.6 Å². The number of hydrogen-bond donors (Lipinski definition) is 2. The molecule has 0 atom stereocenters. The SMILES string of the molecule is CCc1nc(NN)cc(Oc2cc(C)ccc2Cl)n1. The van der Waals surface area contributed by atoms with E-state index in [2.05, 4.69) is 15.4 Å². The number of benzene rings is 1. The van der Waals surface area contributed by atoms with Crippen molar-refractivity contribution in [1.82, 2.24) is 9.97 Å².